The van der Waals surface area contributed by atoms with E-state index < -0.39 is 0 Å². The van der Waals surface area contributed by atoms with Gasteiger partial charge in [-0.2, -0.15) is 20.1 Å². The van der Waals surface area contributed by atoms with Crippen LogP contribution in [0.15, 0.2) is 29.4 Å². The fourth-order valence-electron chi connectivity index (χ4n) is 3.79. The van der Waals surface area contributed by atoms with Crippen LogP contribution in [-0.4, -0.2) is 88.1 Å². The van der Waals surface area contributed by atoms with Gasteiger partial charge in [0.05, 0.1) is 32.1 Å². The Morgan fingerprint density at radius 1 is 0.889 bits per heavy atom. The van der Waals surface area contributed by atoms with Gasteiger partial charge in [-0.15, -0.1) is 10.2 Å². The Labute approximate surface area is 208 Å². The number of nitrogens with one attached hydrogen (secondary N) is 2. The first kappa shape index (κ1) is 23.7. The number of nitrogens with zero attached hydrogens (tertiary/aromatic N) is 9. The Morgan fingerprint density at radius 2 is 1.47 bits per heavy atom. The van der Waals surface area contributed by atoms with Gasteiger partial charge in [-0.1, -0.05) is 12.1 Å². The van der Waals surface area contributed by atoms with E-state index in [1.807, 2.05) is 31.2 Å². The maximum Gasteiger partial charge on any atom is 0.263 e. The minimum atomic E-state index is 0.368. The Hall–Kier alpha value is -4.04. The van der Waals surface area contributed by atoms with Crippen molar-refractivity contribution in [1.82, 2.24) is 29.8 Å². The number of nitrogens with two attached hydrogens (primary N) is 1. The molecule has 2 saturated heterocycles. The fourth-order valence-corrected chi connectivity index (χ4v) is 3.79. The molecule has 14 heteroatoms. The third-order valence-corrected chi connectivity index (χ3v) is 5.95. The van der Waals surface area contributed by atoms with Crippen molar-refractivity contribution in [3.63, 3.8) is 0 Å². The Balaban J connectivity index is 1.32. The fraction of sp³-hybridized carbons (Fsp3) is 0.455. The molecule has 2 aliphatic rings. The van der Waals surface area contributed by atoms with Crippen molar-refractivity contribution < 1.29 is 9.47 Å². The molecule has 3 aromatic rings. The van der Waals surface area contributed by atoms with E-state index in [0.717, 1.165) is 43.1 Å². The number of morpholine rings is 2. The molecule has 0 aliphatic carbocycles. The highest BCUT2D eigenvalue weighted by molar-refractivity contribution is 5.99. The smallest absolute Gasteiger partial charge is 0.263 e. The minimum absolute atomic E-state index is 0.368. The van der Waals surface area contributed by atoms with E-state index in [-0.39, 0.29) is 0 Å². The van der Waals surface area contributed by atoms with Crippen LogP contribution in [0, 0.1) is 6.92 Å². The van der Waals surface area contributed by atoms with Crippen LogP contribution < -0.4 is 26.4 Å². The third kappa shape index (κ3) is 5.44. The molecule has 2 fully saturated rings. The molecule has 14 nitrogen and oxygen atoms in total. The summed E-state index contributed by atoms with van der Waals surface area (Å²) in [4.78, 5) is 18.4. The van der Waals surface area contributed by atoms with E-state index >= 15 is 0 Å². The summed E-state index contributed by atoms with van der Waals surface area (Å²) in [6.45, 7) is 9.25. The first-order valence-electron chi connectivity index (χ1n) is 11.8. The van der Waals surface area contributed by atoms with Crippen LogP contribution in [-0.2, 0) is 9.47 Å². The predicted molar refractivity (Wildman–Crippen MR) is 136 cm³/mol. The number of rotatable bonds is 7. The summed E-state index contributed by atoms with van der Waals surface area (Å²) >= 11 is 0. The van der Waals surface area contributed by atoms with Gasteiger partial charge in [-0.25, -0.2) is 10.1 Å². The molecule has 0 spiro atoms. The van der Waals surface area contributed by atoms with Crippen LogP contribution in [0.1, 0.15) is 18.3 Å². The number of aryl methyl sites for hydroxylation is 1. The van der Waals surface area contributed by atoms with Gasteiger partial charge in [0.2, 0.25) is 17.8 Å². The number of ether oxygens (including phenoxy) is 2. The van der Waals surface area contributed by atoms with E-state index in [9.17, 15) is 0 Å². The van der Waals surface area contributed by atoms with Crippen LogP contribution in [0.25, 0.3) is 0 Å². The Bertz CT molecular complexity index is 1160. The van der Waals surface area contributed by atoms with Crippen molar-refractivity contribution >= 4 is 35.2 Å². The molecular formula is C22H30N12O2. The highest BCUT2D eigenvalue weighted by Gasteiger charge is 2.20. The van der Waals surface area contributed by atoms with E-state index in [1.165, 1.54) is 4.68 Å². The topological polar surface area (TPSA) is 157 Å². The summed E-state index contributed by atoms with van der Waals surface area (Å²) in [5, 5.41) is 15.5. The Morgan fingerprint density at radius 3 is 2.00 bits per heavy atom. The van der Waals surface area contributed by atoms with Gasteiger partial charge in [0.15, 0.2) is 5.82 Å². The van der Waals surface area contributed by atoms with Crippen molar-refractivity contribution in [3.8, 4) is 0 Å². The summed E-state index contributed by atoms with van der Waals surface area (Å²) in [6.07, 6.45) is 0. The molecule has 0 atom stereocenters. The summed E-state index contributed by atoms with van der Waals surface area (Å²) in [7, 11) is 0. The lowest BCUT2D eigenvalue weighted by Gasteiger charge is -2.30. The van der Waals surface area contributed by atoms with Gasteiger partial charge in [0, 0.05) is 31.9 Å². The molecule has 4 heterocycles. The van der Waals surface area contributed by atoms with E-state index in [1.54, 1.807) is 6.92 Å². The van der Waals surface area contributed by atoms with Crippen LogP contribution in [0.3, 0.4) is 0 Å². The lowest BCUT2D eigenvalue weighted by Crippen LogP contribution is -2.40. The standard InChI is InChI=1S/C22H30N12O2/c1-15(28-30-22-31-29-16(2)34(22)23)17-3-5-18(6-4-17)24-19-25-20(32-7-11-35-12-8-32)27-21(26-19)33-9-13-36-14-10-33/h3-6H,7-14,23H2,1-2H3,(H,30,31)(H,24,25,26,27)/b28-15-. The molecule has 1 aromatic carbocycles. The summed E-state index contributed by atoms with van der Waals surface area (Å²) in [5.41, 5.74) is 5.40. The highest BCUT2D eigenvalue weighted by Crippen LogP contribution is 2.21. The molecular weight excluding hydrogens is 464 g/mol. The van der Waals surface area contributed by atoms with E-state index in [2.05, 4.69) is 35.8 Å². The minimum Gasteiger partial charge on any atom is -0.378 e. The third-order valence-electron chi connectivity index (χ3n) is 5.95. The monoisotopic (exact) mass is 494 g/mol. The van der Waals surface area contributed by atoms with Gasteiger partial charge in [0.1, 0.15) is 0 Å². The van der Waals surface area contributed by atoms with Crippen LogP contribution in [0.5, 0.6) is 0 Å². The summed E-state index contributed by atoms with van der Waals surface area (Å²) in [5.74, 6) is 8.59. The summed E-state index contributed by atoms with van der Waals surface area (Å²) < 4.78 is 12.3. The normalized spacial score (nSPS) is 16.8. The molecule has 0 bridgehead atoms. The molecule has 0 unspecified atom stereocenters. The van der Waals surface area contributed by atoms with Gasteiger partial charge >= 0.3 is 0 Å². The predicted octanol–water partition coefficient (Wildman–Crippen LogP) is 0.738. The number of benzene rings is 1. The molecule has 2 aromatic heterocycles. The molecule has 190 valence electrons. The highest BCUT2D eigenvalue weighted by atomic mass is 16.5. The molecule has 0 radical (unpaired) electrons. The second kappa shape index (κ2) is 10.7. The average Bonchev–Trinajstić information content (AvgIpc) is 3.25. The second-order valence-corrected chi connectivity index (χ2v) is 8.41. The van der Waals surface area contributed by atoms with Crippen molar-refractivity contribution in [2.75, 3.05) is 79.0 Å². The maximum atomic E-state index is 5.85. The first-order valence-corrected chi connectivity index (χ1v) is 11.8. The number of hydrazone groups is 1. The molecule has 2 aliphatic heterocycles. The second-order valence-electron chi connectivity index (χ2n) is 8.41. The maximum absolute atomic E-state index is 5.85. The first-order chi connectivity index (χ1) is 17.6. The van der Waals surface area contributed by atoms with Crippen molar-refractivity contribution in [2.24, 2.45) is 5.10 Å². The van der Waals surface area contributed by atoms with E-state index in [0.29, 0.717) is 56.0 Å². The lowest BCUT2D eigenvalue weighted by molar-refractivity contribution is 0.121. The van der Waals surface area contributed by atoms with E-state index in [4.69, 9.17) is 30.3 Å². The molecule has 36 heavy (non-hydrogen) atoms. The van der Waals surface area contributed by atoms with Crippen LogP contribution >= 0.6 is 0 Å². The number of anilines is 5. The van der Waals surface area contributed by atoms with Crippen LogP contribution in [0.2, 0.25) is 0 Å². The zero-order valence-corrected chi connectivity index (χ0v) is 20.4. The van der Waals surface area contributed by atoms with Gasteiger partial charge in [-0.05, 0) is 31.5 Å². The largest absolute Gasteiger partial charge is 0.378 e. The van der Waals surface area contributed by atoms with Gasteiger partial charge in [0.25, 0.3) is 5.95 Å². The number of hydrogen-bond acceptors (Lipinski definition) is 13. The van der Waals surface area contributed by atoms with Crippen molar-refractivity contribution in [1.29, 1.82) is 0 Å². The van der Waals surface area contributed by atoms with Crippen LogP contribution in [0.4, 0.5) is 29.5 Å². The molecule has 5 rings (SSSR count). The number of hydrogen-bond donors (Lipinski definition) is 3. The molecule has 4 N–H and O–H groups in total. The lowest BCUT2D eigenvalue weighted by atomic mass is 10.1. The zero-order valence-electron chi connectivity index (χ0n) is 20.4. The van der Waals surface area contributed by atoms with Gasteiger partial charge in [-0.3, -0.25) is 0 Å². The zero-order chi connectivity index (χ0) is 24.9. The SMILES string of the molecule is C/C(=N/Nc1nnc(C)n1N)c1ccc(Nc2nc(N3CCOCC3)nc(N3CCOCC3)n2)cc1. The number of nitrogen functional groups attached to an aromatic ring is 1. The summed E-state index contributed by atoms with van der Waals surface area (Å²) in [6, 6.07) is 7.84. The van der Waals surface area contributed by atoms with Crippen molar-refractivity contribution in [3.05, 3.63) is 35.7 Å². The molecule has 0 amide bonds. The molecule has 0 saturated carbocycles. The number of aromatic nitrogens is 6. The Kier molecular flexibility index (Phi) is 7.04. The van der Waals surface area contributed by atoms with Gasteiger partial charge < -0.3 is 30.4 Å². The van der Waals surface area contributed by atoms with Crippen molar-refractivity contribution in [2.45, 2.75) is 13.8 Å². The quantitative estimate of drug-likeness (QED) is 0.241. The average molecular weight is 495 g/mol.